The highest BCUT2D eigenvalue weighted by molar-refractivity contribution is 6.02. The van der Waals surface area contributed by atoms with Crippen LogP contribution in [0.3, 0.4) is 0 Å². The van der Waals surface area contributed by atoms with Crippen LogP contribution in [0.25, 0.3) is 11.1 Å². The zero-order valence-electron chi connectivity index (χ0n) is 13.9. The number of carbonyl (C=O) groups is 1. The minimum Gasteiger partial charge on any atom is -0.296 e. The van der Waals surface area contributed by atoms with Crippen molar-refractivity contribution in [1.29, 1.82) is 0 Å². The second kappa shape index (κ2) is 5.61. The predicted octanol–water partition coefficient (Wildman–Crippen LogP) is 4.42. The molecule has 2 aromatic carbocycles. The van der Waals surface area contributed by atoms with Gasteiger partial charge in [0.2, 0.25) is 0 Å². The molecule has 1 aliphatic carbocycles. The average molecular weight is 305 g/mol. The van der Waals surface area contributed by atoms with Gasteiger partial charge in [0.1, 0.15) is 0 Å². The third-order valence-electron chi connectivity index (χ3n) is 5.37. The summed E-state index contributed by atoms with van der Waals surface area (Å²) in [6, 6.07) is 13.3. The summed E-state index contributed by atoms with van der Waals surface area (Å²) in [4.78, 5) is 14.9. The highest BCUT2D eigenvalue weighted by Gasteiger charge is 2.35. The van der Waals surface area contributed by atoms with Gasteiger partial charge in [-0.1, -0.05) is 43.3 Å². The number of hydrogen-bond acceptors (Lipinski definition) is 2. The van der Waals surface area contributed by atoms with Crippen molar-refractivity contribution in [2.75, 3.05) is 13.1 Å². The second-order valence-electron chi connectivity index (χ2n) is 6.78. The van der Waals surface area contributed by atoms with Crippen molar-refractivity contribution < 1.29 is 4.79 Å². The van der Waals surface area contributed by atoms with E-state index in [-0.39, 0.29) is 5.78 Å². The molecule has 1 heterocycles. The van der Waals surface area contributed by atoms with E-state index in [4.69, 9.17) is 0 Å². The molecule has 2 aliphatic rings. The molecule has 23 heavy (non-hydrogen) atoms. The van der Waals surface area contributed by atoms with Gasteiger partial charge in [-0.15, -0.1) is 0 Å². The topological polar surface area (TPSA) is 20.3 Å². The summed E-state index contributed by atoms with van der Waals surface area (Å²) in [7, 11) is 0. The maximum atomic E-state index is 12.2. The van der Waals surface area contributed by atoms with E-state index in [1.807, 2.05) is 6.07 Å². The number of fused-ring (bicyclic) bond motifs is 2. The Balaban J connectivity index is 1.99. The largest absolute Gasteiger partial charge is 0.296 e. The molecule has 2 aromatic rings. The Kier molecular flexibility index (Phi) is 3.57. The Morgan fingerprint density at radius 2 is 2.00 bits per heavy atom. The molecule has 1 aliphatic heterocycles. The molecule has 0 aromatic heterocycles. The van der Waals surface area contributed by atoms with Crippen LogP contribution in [0.1, 0.15) is 53.4 Å². The maximum Gasteiger partial charge on any atom is 0.160 e. The van der Waals surface area contributed by atoms with Crippen LogP contribution in [-0.4, -0.2) is 23.8 Å². The van der Waals surface area contributed by atoms with E-state index in [1.165, 1.54) is 34.2 Å². The van der Waals surface area contributed by atoms with Crippen LogP contribution in [0.4, 0.5) is 0 Å². The summed E-state index contributed by atoms with van der Waals surface area (Å²) >= 11 is 0. The molecule has 4 rings (SSSR count). The smallest absolute Gasteiger partial charge is 0.160 e. The van der Waals surface area contributed by atoms with Gasteiger partial charge in [0.05, 0.1) is 0 Å². The molecule has 0 saturated heterocycles. The van der Waals surface area contributed by atoms with E-state index in [9.17, 15) is 4.79 Å². The molecule has 0 fully saturated rings. The molecule has 1 atom stereocenters. The van der Waals surface area contributed by atoms with Gasteiger partial charge in [0.25, 0.3) is 0 Å². The van der Waals surface area contributed by atoms with Gasteiger partial charge in [-0.2, -0.15) is 0 Å². The first-order valence-corrected chi connectivity index (χ1v) is 8.69. The highest BCUT2D eigenvalue weighted by Crippen LogP contribution is 2.46. The zero-order valence-corrected chi connectivity index (χ0v) is 13.9. The van der Waals surface area contributed by atoms with E-state index < -0.39 is 0 Å². The van der Waals surface area contributed by atoms with Crippen molar-refractivity contribution in [2.45, 2.75) is 39.2 Å². The second-order valence-corrected chi connectivity index (χ2v) is 6.78. The predicted molar refractivity (Wildman–Crippen MR) is 93.9 cm³/mol. The lowest BCUT2D eigenvalue weighted by Gasteiger charge is -2.42. The van der Waals surface area contributed by atoms with Crippen LogP contribution in [-0.2, 0) is 12.8 Å². The van der Waals surface area contributed by atoms with Gasteiger partial charge < -0.3 is 0 Å². The number of nitrogens with zero attached hydrogens (tertiary/aromatic N) is 1. The van der Waals surface area contributed by atoms with Gasteiger partial charge >= 0.3 is 0 Å². The van der Waals surface area contributed by atoms with E-state index in [0.29, 0.717) is 6.04 Å². The molecule has 1 unspecified atom stereocenters. The van der Waals surface area contributed by atoms with Crippen LogP contribution in [0.2, 0.25) is 0 Å². The van der Waals surface area contributed by atoms with Gasteiger partial charge in [0, 0.05) is 18.2 Å². The fourth-order valence-electron chi connectivity index (χ4n) is 4.38. The molecule has 2 heteroatoms. The van der Waals surface area contributed by atoms with Gasteiger partial charge in [0.15, 0.2) is 5.78 Å². The van der Waals surface area contributed by atoms with Gasteiger partial charge in [-0.05, 0) is 60.5 Å². The molecule has 2 nitrogen and oxygen atoms in total. The monoisotopic (exact) mass is 305 g/mol. The van der Waals surface area contributed by atoms with Crippen LogP contribution in [0, 0.1) is 0 Å². The third kappa shape index (κ3) is 2.24. The average Bonchev–Trinajstić information content (AvgIpc) is 2.57. The van der Waals surface area contributed by atoms with Crippen LogP contribution in [0.5, 0.6) is 0 Å². The van der Waals surface area contributed by atoms with Crippen molar-refractivity contribution in [3.8, 4) is 11.1 Å². The van der Waals surface area contributed by atoms with E-state index in [0.717, 1.165) is 31.5 Å². The van der Waals surface area contributed by atoms with E-state index in [1.54, 1.807) is 6.92 Å². The lowest BCUT2D eigenvalue weighted by atomic mass is 9.75. The Bertz CT molecular complexity index is 777. The maximum absolute atomic E-state index is 12.2. The van der Waals surface area contributed by atoms with Crippen molar-refractivity contribution >= 4 is 5.78 Å². The molecule has 0 amide bonds. The molecular formula is C21H23NO. The van der Waals surface area contributed by atoms with Crippen LogP contribution >= 0.6 is 0 Å². The highest BCUT2D eigenvalue weighted by atomic mass is 16.1. The number of carbonyl (C=O) groups excluding carboxylic acids is 1. The molecule has 118 valence electrons. The Hall–Kier alpha value is -1.93. The fourth-order valence-corrected chi connectivity index (χ4v) is 4.38. The SMILES string of the molecule is CCCN1CCc2ccc(C(C)=O)c3c2C1Cc1ccccc1-3. The molecule has 0 spiro atoms. The first-order chi connectivity index (χ1) is 11.2. The normalized spacial score (nSPS) is 19.1. The summed E-state index contributed by atoms with van der Waals surface area (Å²) < 4.78 is 0. The number of hydrogen-bond donors (Lipinski definition) is 0. The first-order valence-electron chi connectivity index (χ1n) is 8.69. The summed E-state index contributed by atoms with van der Waals surface area (Å²) in [5.41, 5.74) is 7.62. The van der Waals surface area contributed by atoms with E-state index >= 15 is 0 Å². The third-order valence-corrected chi connectivity index (χ3v) is 5.37. The molecular weight excluding hydrogens is 282 g/mol. The Morgan fingerprint density at radius 1 is 1.17 bits per heavy atom. The number of Topliss-reactive ketones (excluding diaryl/α,β-unsaturated/α-hetero) is 1. The number of ketones is 1. The summed E-state index contributed by atoms with van der Waals surface area (Å²) in [5.74, 6) is 0.172. The Labute approximate surface area is 138 Å². The molecule has 0 N–H and O–H groups in total. The lowest BCUT2D eigenvalue weighted by molar-refractivity contribution is 0.101. The van der Waals surface area contributed by atoms with Crippen molar-refractivity contribution in [2.24, 2.45) is 0 Å². The summed E-state index contributed by atoms with van der Waals surface area (Å²) in [6.45, 7) is 6.21. The van der Waals surface area contributed by atoms with Crippen molar-refractivity contribution in [1.82, 2.24) is 4.90 Å². The Morgan fingerprint density at radius 3 is 2.78 bits per heavy atom. The van der Waals surface area contributed by atoms with Crippen molar-refractivity contribution in [3.05, 3.63) is 58.7 Å². The van der Waals surface area contributed by atoms with Crippen LogP contribution in [0.15, 0.2) is 36.4 Å². The van der Waals surface area contributed by atoms with Gasteiger partial charge in [-0.25, -0.2) is 0 Å². The quantitative estimate of drug-likeness (QED) is 0.782. The lowest BCUT2D eigenvalue weighted by Crippen LogP contribution is -2.39. The minimum absolute atomic E-state index is 0.172. The van der Waals surface area contributed by atoms with Gasteiger partial charge in [-0.3, -0.25) is 9.69 Å². The number of benzene rings is 2. The molecule has 0 radical (unpaired) electrons. The first kappa shape index (κ1) is 14.6. The summed E-state index contributed by atoms with van der Waals surface area (Å²) in [6.07, 6.45) is 3.34. The van der Waals surface area contributed by atoms with Crippen molar-refractivity contribution in [3.63, 3.8) is 0 Å². The molecule has 0 bridgehead atoms. The minimum atomic E-state index is 0.172. The van der Waals surface area contributed by atoms with E-state index in [2.05, 4.69) is 42.2 Å². The van der Waals surface area contributed by atoms with Crippen LogP contribution < -0.4 is 0 Å². The zero-order chi connectivity index (χ0) is 16.0. The summed E-state index contributed by atoms with van der Waals surface area (Å²) in [5, 5.41) is 0. The molecule has 0 saturated carbocycles. The standard InChI is InChI=1S/C21H23NO/c1-3-11-22-12-10-15-8-9-17(14(2)23)21-18-7-5-4-6-16(18)13-19(22)20(15)21/h4-9,19H,3,10-13H2,1-2H3. The number of rotatable bonds is 3. The fraction of sp³-hybridized carbons (Fsp3) is 0.381.